The summed E-state index contributed by atoms with van der Waals surface area (Å²) in [4.78, 5) is 9.36. The molecule has 1 aliphatic heterocycles. The van der Waals surface area contributed by atoms with Crippen molar-refractivity contribution in [2.24, 2.45) is 0 Å². The van der Waals surface area contributed by atoms with Crippen molar-refractivity contribution in [1.82, 2.24) is 9.88 Å². The summed E-state index contributed by atoms with van der Waals surface area (Å²) >= 11 is 3.28. The highest BCUT2D eigenvalue weighted by Crippen LogP contribution is 2.26. The molecular weight excluding hydrogens is 345 g/mol. The van der Waals surface area contributed by atoms with E-state index in [1.54, 1.807) is 6.07 Å². The first-order valence-corrected chi connectivity index (χ1v) is 8.36. The standard InChI is InChI=1S/C17H19BrFN3/c1-2-21-8-10-22(11-9-21)17-5-3-4-16(20-17)14-7-6-13(18)12-15(14)19/h3-7,12H,2,8-11H2,1H3. The molecule has 0 aliphatic carbocycles. The molecule has 1 saturated heterocycles. The monoisotopic (exact) mass is 363 g/mol. The predicted molar refractivity (Wildman–Crippen MR) is 91.7 cm³/mol. The molecule has 0 atom stereocenters. The van der Waals surface area contributed by atoms with Crippen LogP contribution in [0.3, 0.4) is 0 Å². The average molecular weight is 364 g/mol. The van der Waals surface area contributed by atoms with Crippen molar-refractivity contribution >= 4 is 21.7 Å². The Labute approximate surface area is 138 Å². The molecule has 0 N–H and O–H groups in total. The first-order valence-electron chi connectivity index (χ1n) is 7.57. The molecule has 2 heterocycles. The number of hydrogen-bond donors (Lipinski definition) is 0. The maximum absolute atomic E-state index is 14.1. The fraction of sp³-hybridized carbons (Fsp3) is 0.353. The molecule has 1 aromatic heterocycles. The largest absolute Gasteiger partial charge is 0.354 e. The Kier molecular flexibility index (Phi) is 4.74. The van der Waals surface area contributed by atoms with E-state index in [2.05, 4.69) is 37.6 Å². The van der Waals surface area contributed by atoms with Gasteiger partial charge in [0.25, 0.3) is 0 Å². The maximum atomic E-state index is 14.1. The lowest BCUT2D eigenvalue weighted by molar-refractivity contribution is 0.270. The molecule has 5 heteroatoms. The molecule has 0 amide bonds. The lowest BCUT2D eigenvalue weighted by Gasteiger charge is -2.34. The lowest BCUT2D eigenvalue weighted by atomic mass is 10.1. The van der Waals surface area contributed by atoms with E-state index in [0.717, 1.165) is 43.0 Å². The van der Waals surface area contributed by atoms with Crippen LogP contribution in [0.5, 0.6) is 0 Å². The van der Waals surface area contributed by atoms with E-state index in [-0.39, 0.29) is 5.82 Å². The van der Waals surface area contributed by atoms with Crippen LogP contribution in [0.2, 0.25) is 0 Å². The van der Waals surface area contributed by atoms with Crippen molar-refractivity contribution in [3.8, 4) is 11.3 Å². The minimum absolute atomic E-state index is 0.255. The first kappa shape index (κ1) is 15.4. The van der Waals surface area contributed by atoms with Crippen molar-refractivity contribution in [3.63, 3.8) is 0 Å². The Hall–Kier alpha value is -1.46. The topological polar surface area (TPSA) is 19.4 Å². The summed E-state index contributed by atoms with van der Waals surface area (Å²) < 4.78 is 14.9. The summed E-state index contributed by atoms with van der Waals surface area (Å²) in [6.07, 6.45) is 0. The number of rotatable bonds is 3. The second kappa shape index (κ2) is 6.75. The molecule has 22 heavy (non-hydrogen) atoms. The zero-order chi connectivity index (χ0) is 15.5. The molecule has 0 radical (unpaired) electrons. The van der Waals surface area contributed by atoms with Gasteiger partial charge in [-0.15, -0.1) is 0 Å². The third-order valence-corrected chi connectivity index (χ3v) is 4.58. The number of halogens is 2. The first-order chi connectivity index (χ1) is 10.7. The predicted octanol–water partition coefficient (Wildman–Crippen LogP) is 3.79. The van der Waals surface area contributed by atoms with Gasteiger partial charge in [0.15, 0.2) is 0 Å². The van der Waals surface area contributed by atoms with Crippen LogP contribution < -0.4 is 4.90 Å². The molecule has 0 bridgehead atoms. The Balaban J connectivity index is 1.84. The summed E-state index contributed by atoms with van der Waals surface area (Å²) in [5.41, 5.74) is 1.22. The molecule has 3 rings (SSSR count). The van der Waals surface area contributed by atoms with Crippen molar-refractivity contribution in [2.45, 2.75) is 6.92 Å². The average Bonchev–Trinajstić information content (AvgIpc) is 2.55. The van der Waals surface area contributed by atoms with E-state index in [1.807, 2.05) is 24.3 Å². The Morgan fingerprint density at radius 3 is 2.59 bits per heavy atom. The fourth-order valence-electron chi connectivity index (χ4n) is 2.74. The Morgan fingerprint density at radius 2 is 1.91 bits per heavy atom. The highest BCUT2D eigenvalue weighted by molar-refractivity contribution is 9.10. The number of likely N-dealkylation sites (N-methyl/N-ethyl adjacent to an activating group) is 1. The SMILES string of the molecule is CCN1CCN(c2cccc(-c3ccc(Br)cc3F)n2)CC1. The highest BCUT2D eigenvalue weighted by Gasteiger charge is 2.17. The van der Waals surface area contributed by atoms with Gasteiger partial charge in [0.05, 0.1) is 5.69 Å². The van der Waals surface area contributed by atoms with Crippen LogP contribution >= 0.6 is 15.9 Å². The molecule has 0 spiro atoms. The van der Waals surface area contributed by atoms with Gasteiger partial charge in [-0.2, -0.15) is 0 Å². The zero-order valence-electron chi connectivity index (χ0n) is 12.6. The van der Waals surface area contributed by atoms with Gasteiger partial charge in [0, 0.05) is 36.2 Å². The number of benzene rings is 1. The van der Waals surface area contributed by atoms with Crippen LogP contribution in [0.1, 0.15) is 6.92 Å². The Morgan fingerprint density at radius 1 is 1.14 bits per heavy atom. The summed E-state index contributed by atoms with van der Waals surface area (Å²) in [6.45, 7) is 7.31. The molecular formula is C17H19BrFN3. The van der Waals surface area contributed by atoms with Gasteiger partial charge >= 0.3 is 0 Å². The summed E-state index contributed by atoms with van der Waals surface area (Å²) in [6, 6.07) is 10.9. The summed E-state index contributed by atoms with van der Waals surface area (Å²) in [5, 5.41) is 0. The number of piperazine rings is 1. The van der Waals surface area contributed by atoms with Crippen LogP contribution in [0.15, 0.2) is 40.9 Å². The molecule has 0 saturated carbocycles. The van der Waals surface area contributed by atoms with Gasteiger partial charge in [-0.1, -0.05) is 28.9 Å². The van der Waals surface area contributed by atoms with Gasteiger partial charge in [-0.25, -0.2) is 9.37 Å². The second-order valence-corrected chi connectivity index (χ2v) is 6.34. The van der Waals surface area contributed by atoms with Gasteiger partial charge in [-0.05, 0) is 36.9 Å². The number of anilines is 1. The quantitative estimate of drug-likeness (QED) is 0.826. The Bertz CT molecular complexity index is 654. The van der Waals surface area contributed by atoms with Gasteiger partial charge in [0.2, 0.25) is 0 Å². The minimum Gasteiger partial charge on any atom is -0.354 e. The lowest BCUT2D eigenvalue weighted by Crippen LogP contribution is -2.46. The number of hydrogen-bond acceptors (Lipinski definition) is 3. The fourth-order valence-corrected chi connectivity index (χ4v) is 3.07. The van der Waals surface area contributed by atoms with Crippen molar-refractivity contribution in [1.29, 1.82) is 0 Å². The molecule has 0 unspecified atom stereocenters. The molecule has 1 aliphatic rings. The third-order valence-electron chi connectivity index (χ3n) is 4.08. The summed E-state index contributed by atoms with van der Waals surface area (Å²) in [7, 11) is 0. The van der Waals surface area contributed by atoms with Crippen molar-refractivity contribution in [2.75, 3.05) is 37.6 Å². The zero-order valence-corrected chi connectivity index (χ0v) is 14.2. The van der Waals surface area contributed by atoms with E-state index >= 15 is 0 Å². The van der Waals surface area contributed by atoms with Crippen LogP contribution in [0.25, 0.3) is 11.3 Å². The molecule has 3 nitrogen and oxygen atoms in total. The van der Waals surface area contributed by atoms with Gasteiger partial charge < -0.3 is 9.80 Å². The molecule has 1 aromatic carbocycles. The smallest absolute Gasteiger partial charge is 0.133 e. The van der Waals surface area contributed by atoms with Gasteiger partial charge in [-0.3, -0.25) is 0 Å². The van der Waals surface area contributed by atoms with Crippen LogP contribution in [0, 0.1) is 5.82 Å². The van der Waals surface area contributed by atoms with E-state index < -0.39 is 0 Å². The van der Waals surface area contributed by atoms with Crippen LogP contribution in [-0.4, -0.2) is 42.6 Å². The number of pyridine rings is 1. The van der Waals surface area contributed by atoms with Crippen LogP contribution in [0.4, 0.5) is 10.2 Å². The highest BCUT2D eigenvalue weighted by atomic mass is 79.9. The third kappa shape index (κ3) is 3.31. The second-order valence-electron chi connectivity index (χ2n) is 5.43. The molecule has 1 fully saturated rings. The normalized spacial score (nSPS) is 16.0. The maximum Gasteiger partial charge on any atom is 0.133 e. The van der Waals surface area contributed by atoms with E-state index in [9.17, 15) is 4.39 Å². The van der Waals surface area contributed by atoms with Gasteiger partial charge in [0.1, 0.15) is 11.6 Å². The number of aromatic nitrogens is 1. The molecule has 2 aromatic rings. The summed E-state index contributed by atoms with van der Waals surface area (Å²) in [5.74, 6) is 0.672. The van der Waals surface area contributed by atoms with Crippen molar-refractivity contribution < 1.29 is 4.39 Å². The van der Waals surface area contributed by atoms with E-state index in [0.29, 0.717) is 11.3 Å². The van der Waals surface area contributed by atoms with E-state index in [1.165, 1.54) is 6.07 Å². The minimum atomic E-state index is -0.255. The van der Waals surface area contributed by atoms with E-state index in [4.69, 9.17) is 0 Å². The van der Waals surface area contributed by atoms with Crippen molar-refractivity contribution in [3.05, 3.63) is 46.7 Å². The number of nitrogens with zero attached hydrogens (tertiary/aromatic N) is 3. The molecule has 116 valence electrons. The van der Waals surface area contributed by atoms with Crippen LogP contribution in [-0.2, 0) is 0 Å².